The number of nitrogens with two attached hydrogens (primary N) is 1. The molecule has 16 heavy (non-hydrogen) atoms. The number of nitrogens with zero attached hydrogens (tertiary/aromatic N) is 1. The van der Waals surface area contributed by atoms with E-state index in [1.165, 1.54) is 0 Å². The van der Waals surface area contributed by atoms with E-state index in [4.69, 9.17) is 17.3 Å². The highest BCUT2D eigenvalue weighted by molar-refractivity contribution is 6.30. The summed E-state index contributed by atoms with van der Waals surface area (Å²) in [7, 11) is 0. The van der Waals surface area contributed by atoms with Crippen molar-refractivity contribution in [1.82, 2.24) is 4.98 Å². The standard InChI is InChI=1S/C13H11ClN2/c1-9(10-4-6-16-7-5-10)12-8-11(14)2-3-13(12)15/h2-8H,1,15H2. The van der Waals surface area contributed by atoms with E-state index in [2.05, 4.69) is 11.6 Å². The molecule has 2 rings (SSSR count). The minimum atomic E-state index is 0.652. The Labute approximate surface area is 99.4 Å². The zero-order valence-electron chi connectivity index (χ0n) is 8.65. The maximum absolute atomic E-state index is 5.94. The first-order chi connectivity index (χ1) is 7.68. The molecule has 0 spiro atoms. The molecule has 1 aromatic heterocycles. The fourth-order valence-corrected chi connectivity index (χ4v) is 1.67. The molecule has 0 saturated carbocycles. The minimum Gasteiger partial charge on any atom is -0.398 e. The SMILES string of the molecule is C=C(c1ccncc1)c1cc(Cl)ccc1N. The van der Waals surface area contributed by atoms with Crippen LogP contribution in [0.5, 0.6) is 0 Å². The molecule has 1 heterocycles. The van der Waals surface area contributed by atoms with E-state index in [0.29, 0.717) is 10.7 Å². The van der Waals surface area contributed by atoms with Crippen LogP contribution in [0.25, 0.3) is 5.57 Å². The molecule has 0 aliphatic carbocycles. The van der Waals surface area contributed by atoms with Crippen molar-refractivity contribution in [3.8, 4) is 0 Å². The number of anilines is 1. The summed E-state index contributed by atoms with van der Waals surface area (Å²) in [6.45, 7) is 4.03. The lowest BCUT2D eigenvalue weighted by molar-refractivity contribution is 1.32. The Bertz CT molecular complexity index is 521. The van der Waals surface area contributed by atoms with Crippen molar-refractivity contribution >= 4 is 22.9 Å². The van der Waals surface area contributed by atoms with Gasteiger partial charge in [0, 0.05) is 28.7 Å². The molecule has 0 amide bonds. The number of pyridine rings is 1. The molecule has 2 aromatic rings. The zero-order chi connectivity index (χ0) is 11.5. The molecule has 2 nitrogen and oxygen atoms in total. The van der Waals surface area contributed by atoms with Gasteiger partial charge < -0.3 is 5.73 Å². The predicted octanol–water partition coefficient (Wildman–Crippen LogP) is 3.38. The maximum Gasteiger partial charge on any atom is 0.0413 e. The van der Waals surface area contributed by atoms with Crippen LogP contribution in [-0.4, -0.2) is 4.98 Å². The Morgan fingerprint density at radius 1 is 1.19 bits per heavy atom. The summed E-state index contributed by atoms with van der Waals surface area (Å²) < 4.78 is 0. The van der Waals surface area contributed by atoms with Crippen LogP contribution < -0.4 is 5.73 Å². The second-order valence-electron chi connectivity index (χ2n) is 3.45. The van der Waals surface area contributed by atoms with Gasteiger partial charge in [-0.25, -0.2) is 0 Å². The Hall–Kier alpha value is -1.80. The minimum absolute atomic E-state index is 0.652. The fraction of sp³-hybridized carbons (Fsp3) is 0. The van der Waals surface area contributed by atoms with Gasteiger partial charge in [-0.3, -0.25) is 4.98 Å². The van der Waals surface area contributed by atoms with Crippen molar-refractivity contribution in [3.63, 3.8) is 0 Å². The van der Waals surface area contributed by atoms with Gasteiger partial charge in [-0.1, -0.05) is 18.2 Å². The molecule has 0 atom stereocenters. The van der Waals surface area contributed by atoms with Gasteiger partial charge in [-0.05, 0) is 41.5 Å². The molecule has 80 valence electrons. The lowest BCUT2D eigenvalue weighted by atomic mass is 9.99. The van der Waals surface area contributed by atoms with Crippen LogP contribution in [-0.2, 0) is 0 Å². The number of hydrogen-bond acceptors (Lipinski definition) is 2. The summed E-state index contributed by atoms with van der Waals surface area (Å²) in [6, 6.07) is 9.15. The molecular weight excluding hydrogens is 220 g/mol. The quantitative estimate of drug-likeness (QED) is 0.804. The van der Waals surface area contributed by atoms with E-state index in [9.17, 15) is 0 Å². The van der Waals surface area contributed by atoms with Gasteiger partial charge in [0.2, 0.25) is 0 Å². The zero-order valence-corrected chi connectivity index (χ0v) is 9.41. The van der Waals surface area contributed by atoms with Crippen LogP contribution in [0.3, 0.4) is 0 Å². The summed E-state index contributed by atoms with van der Waals surface area (Å²) in [5, 5.41) is 0.652. The van der Waals surface area contributed by atoms with Gasteiger partial charge in [-0.2, -0.15) is 0 Å². The van der Waals surface area contributed by atoms with Crippen molar-refractivity contribution in [3.05, 3.63) is 65.5 Å². The molecule has 0 radical (unpaired) electrons. The molecule has 1 aromatic carbocycles. The smallest absolute Gasteiger partial charge is 0.0413 e. The third-order valence-corrected chi connectivity index (χ3v) is 2.60. The van der Waals surface area contributed by atoms with Crippen LogP contribution in [0.15, 0.2) is 49.3 Å². The number of benzene rings is 1. The first-order valence-electron chi connectivity index (χ1n) is 4.83. The fourth-order valence-electron chi connectivity index (χ4n) is 1.50. The van der Waals surface area contributed by atoms with Gasteiger partial charge in [0.1, 0.15) is 0 Å². The second-order valence-corrected chi connectivity index (χ2v) is 3.88. The van der Waals surface area contributed by atoms with Crippen molar-refractivity contribution in [2.75, 3.05) is 5.73 Å². The topological polar surface area (TPSA) is 38.9 Å². The number of hydrogen-bond donors (Lipinski definition) is 1. The van der Waals surface area contributed by atoms with E-state index in [-0.39, 0.29) is 0 Å². The van der Waals surface area contributed by atoms with Gasteiger partial charge in [0.05, 0.1) is 0 Å². The molecule has 0 aliphatic heterocycles. The predicted molar refractivity (Wildman–Crippen MR) is 68.2 cm³/mol. The summed E-state index contributed by atoms with van der Waals surface area (Å²) >= 11 is 5.94. The Morgan fingerprint density at radius 2 is 1.88 bits per heavy atom. The van der Waals surface area contributed by atoms with Crippen LogP contribution >= 0.6 is 11.6 Å². The highest BCUT2D eigenvalue weighted by Gasteiger charge is 2.06. The van der Waals surface area contributed by atoms with E-state index in [1.807, 2.05) is 18.2 Å². The summed E-state index contributed by atoms with van der Waals surface area (Å²) in [4.78, 5) is 3.96. The van der Waals surface area contributed by atoms with Gasteiger partial charge in [-0.15, -0.1) is 0 Å². The molecule has 0 bridgehead atoms. The summed E-state index contributed by atoms with van der Waals surface area (Å²) in [5.41, 5.74) is 9.26. The number of aromatic nitrogens is 1. The summed E-state index contributed by atoms with van der Waals surface area (Å²) in [6.07, 6.45) is 3.45. The average molecular weight is 231 g/mol. The van der Waals surface area contributed by atoms with Crippen molar-refractivity contribution in [2.24, 2.45) is 0 Å². The molecule has 0 aliphatic rings. The molecule has 3 heteroatoms. The molecule has 0 unspecified atom stereocenters. The molecule has 0 saturated heterocycles. The van der Waals surface area contributed by atoms with E-state index in [1.54, 1.807) is 24.5 Å². The third kappa shape index (κ3) is 2.07. The number of rotatable bonds is 2. The monoisotopic (exact) mass is 230 g/mol. The Kier molecular flexibility index (Phi) is 2.93. The van der Waals surface area contributed by atoms with E-state index < -0.39 is 0 Å². The molecular formula is C13H11ClN2. The number of halogens is 1. The normalized spacial score (nSPS) is 10.1. The largest absolute Gasteiger partial charge is 0.398 e. The second kappa shape index (κ2) is 4.37. The van der Waals surface area contributed by atoms with Gasteiger partial charge in [0.15, 0.2) is 0 Å². The maximum atomic E-state index is 5.94. The van der Waals surface area contributed by atoms with Crippen LogP contribution in [0.2, 0.25) is 5.02 Å². The summed E-state index contributed by atoms with van der Waals surface area (Å²) in [5.74, 6) is 0. The van der Waals surface area contributed by atoms with Crippen LogP contribution in [0.4, 0.5) is 5.69 Å². The molecule has 2 N–H and O–H groups in total. The van der Waals surface area contributed by atoms with E-state index in [0.717, 1.165) is 16.7 Å². The van der Waals surface area contributed by atoms with E-state index >= 15 is 0 Å². The van der Waals surface area contributed by atoms with Gasteiger partial charge in [0.25, 0.3) is 0 Å². The van der Waals surface area contributed by atoms with Crippen LogP contribution in [0, 0.1) is 0 Å². The average Bonchev–Trinajstić information content (AvgIpc) is 2.32. The first-order valence-corrected chi connectivity index (χ1v) is 5.21. The van der Waals surface area contributed by atoms with Crippen molar-refractivity contribution in [1.29, 1.82) is 0 Å². The first kappa shape index (κ1) is 10.7. The Balaban J connectivity index is 2.46. The highest BCUT2D eigenvalue weighted by atomic mass is 35.5. The van der Waals surface area contributed by atoms with Gasteiger partial charge >= 0.3 is 0 Å². The lowest BCUT2D eigenvalue weighted by Gasteiger charge is -2.09. The lowest BCUT2D eigenvalue weighted by Crippen LogP contribution is -1.94. The number of nitrogen functional groups attached to an aromatic ring is 1. The third-order valence-electron chi connectivity index (χ3n) is 2.37. The van der Waals surface area contributed by atoms with Crippen LogP contribution in [0.1, 0.15) is 11.1 Å². The highest BCUT2D eigenvalue weighted by Crippen LogP contribution is 2.28. The van der Waals surface area contributed by atoms with Crippen molar-refractivity contribution < 1.29 is 0 Å². The van der Waals surface area contributed by atoms with Crippen molar-refractivity contribution in [2.45, 2.75) is 0 Å². The Morgan fingerprint density at radius 3 is 2.56 bits per heavy atom. The molecule has 0 fully saturated rings.